The minimum atomic E-state index is 0.495. The van der Waals surface area contributed by atoms with Gasteiger partial charge < -0.3 is 0 Å². The summed E-state index contributed by atoms with van der Waals surface area (Å²) in [6.07, 6.45) is 15.8. The van der Waals surface area contributed by atoms with Crippen LogP contribution in [0.2, 0.25) is 0 Å². The van der Waals surface area contributed by atoms with Gasteiger partial charge in [-0.2, -0.15) is 0 Å². The minimum absolute atomic E-state index is 0.495. The van der Waals surface area contributed by atoms with Gasteiger partial charge in [0.2, 0.25) is 0 Å². The molecule has 0 amide bonds. The zero-order chi connectivity index (χ0) is 13.0. The molecule has 0 atom stereocenters. The van der Waals surface area contributed by atoms with Crippen LogP contribution in [0.25, 0.3) is 0 Å². The van der Waals surface area contributed by atoms with Crippen molar-refractivity contribution in [2.75, 3.05) is 0 Å². The molecular weight excluding hydrogens is 216 g/mol. The predicted octanol–water partition coefficient (Wildman–Crippen LogP) is 6.12. The highest BCUT2D eigenvalue weighted by Gasteiger charge is 2.32. The lowest BCUT2D eigenvalue weighted by atomic mass is 9.66. The van der Waals surface area contributed by atoms with Crippen LogP contribution < -0.4 is 0 Å². The molecule has 104 valence electrons. The zero-order valence-corrected chi connectivity index (χ0v) is 12.6. The Morgan fingerprint density at radius 3 is 1.94 bits per heavy atom. The summed E-state index contributed by atoms with van der Waals surface area (Å²) < 4.78 is 0. The average molecular weight is 248 g/mol. The fourth-order valence-corrected chi connectivity index (χ4v) is 4.27. The molecule has 0 radical (unpaired) electrons. The van der Waals surface area contributed by atoms with Gasteiger partial charge in [-0.05, 0) is 49.4 Å². The van der Waals surface area contributed by atoms with Crippen molar-refractivity contribution >= 4 is 0 Å². The molecule has 0 saturated heterocycles. The Hall–Kier alpha value is -0.260. The van der Waals surface area contributed by atoms with Gasteiger partial charge in [0.25, 0.3) is 0 Å². The molecule has 0 heterocycles. The summed E-state index contributed by atoms with van der Waals surface area (Å²) >= 11 is 0. The quantitative estimate of drug-likeness (QED) is 0.526. The Labute approximate surface area is 114 Å². The van der Waals surface area contributed by atoms with Crippen LogP contribution in [0.15, 0.2) is 12.2 Å². The first-order valence-electron chi connectivity index (χ1n) is 8.27. The van der Waals surface area contributed by atoms with Gasteiger partial charge in [-0.3, -0.25) is 0 Å². The Morgan fingerprint density at radius 1 is 0.889 bits per heavy atom. The lowest BCUT2D eigenvalue weighted by Gasteiger charge is -2.39. The van der Waals surface area contributed by atoms with E-state index < -0.39 is 0 Å². The van der Waals surface area contributed by atoms with Crippen molar-refractivity contribution in [3.8, 4) is 0 Å². The first-order valence-corrected chi connectivity index (χ1v) is 8.27. The normalized spacial score (nSPS) is 24.1. The van der Waals surface area contributed by atoms with E-state index in [2.05, 4.69) is 20.4 Å². The predicted molar refractivity (Wildman–Crippen MR) is 80.7 cm³/mol. The van der Waals surface area contributed by atoms with Gasteiger partial charge >= 0.3 is 0 Å². The van der Waals surface area contributed by atoms with E-state index >= 15 is 0 Å². The summed E-state index contributed by atoms with van der Waals surface area (Å²) in [5, 5.41) is 0. The van der Waals surface area contributed by atoms with E-state index in [1.165, 1.54) is 70.6 Å². The number of hydrogen-bond donors (Lipinski definition) is 0. The molecule has 2 rings (SSSR count). The van der Waals surface area contributed by atoms with Crippen LogP contribution in [0.1, 0.15) is 84.5 Å². The van der Waals surface area contributed by atoms with Gasteiger partial charge in [-0.15, -0.1) is 0 Å². The fourth-order valence-electron chi connectivity index (χ4n) is 4.27. The Balaban J connectivity index is 1.87. The van der Waals surface area contributed by atoms with Crippen LogP contribution in [0.5, 0.6) is 0 Å². The van der Waals surface area contributed by atoms with Crippen LogP contribution in [0.3, 0.4) is 0 Å². The van der Waals surface area contributed by atoms with E-state index in [0.717, 1.165) is 11.8 Å². The fraction of sp³-hybridized carbons (Fsp3) is 0.889. The molecule has 2 saturated carbocycles. The molecule has 0 aromatic heterocycles. The monoisotopic (exact) mass is 248 g/mol. The van der Waals surface area contributed by atoms with Crippen molar-refractivity contribution in [3.63, 3.8) is 0 Å². The van der Waals surface area contributed by atoms with Gasteiger partial charge in [0.15, 0.2) is 0 Å². The highest BCUT2D eigenvalue weighted by Crippen LogP contribution is 2.44. The van der Waals surface area contributed by atoms with E-state index in [1.807, 2.05) is 0 Å². The molecular formula is C18H32. The summed E-state index contributed by atoms with van der Waals surface area (Å²) in [6, 6.07) is 0. The zero-order valence-electron chi connectivity index (χ0n) is 12.6. The minimum Gasteiger partial charge on any atom is -0.0996 e. The molecule has 0 bridgehead atoms. The van der Waals surface area contributed by atoms with Gasteiger partial charge in [0.05, 0.1) is 0 Å². The summed E-state index contributed by atoms with van der Waals surface area (Å²) in [6.45, 7) is 9.45. The molecule has 0 unspecified atom stereocenters. The summed E-state index contributed by atoms with van der Waals surface area (Å²) in [7, 11) is 0. The van der Waals surface area contributed by atoms with E-state index in [9.17, 15) is 0 Å². The van der Waals surface area contributed by atoms with Gasteiger partial charge in [-0.25, -0.2) is 0 Å². The van der Waals surface area contributed by atoms with Crippen LogP contribution in [0.4, 0.5) is 0 Å². The van der Waals surface area contributed by atoms with Crippen molar-refractivity contribution < 1.29 is 0 Å². The van der Waals surface area contributed by atoms with E-state index in [0.29, 0.717) is 5.41 Å². The van der Waals surface area contributed by atoms with Crippen molar-refractivity contribution in [1.82, 2.24) is 0 Å². The molecule has 0 aliphatic heterocycles. The smallest absolute Gasteiger partial charge is 0.0206 e. The molecule has 0 aromatic carbocycles. The van der Waals surface area contributed by atoms with Gasteiger partial charge in [0.1, 0.15) is 0 Å². The second-order valence-electron chi connectivity index (χ2n) is 7.49. The SMILES string of the molecule is C=C(CC(C)(C)C1CCCCC1)C1CCCCC1. The summed E-state index contributed by atoms with van der Waals surface area (Å²) in [5.74, 6) is 1.80. The molecule has 2 aliphatic carbocycles. The molecule has 2 aliphatic rings. The van der Waals surface area contributed by atoms with Crippen LogP contribution in [0, 0.1) is 17.3 Å². The van der Waals surface area contributed by atoms with Gasteiger partial charge in [0, 0.05) is 0 Å². The number of hydrogen-bond acceptors (Lipinski definition) is 0. The molecule has 0 spiro atoms. The maximum absolute atomic E-state index is 4.46. The second-order valence-corrected chi connectivity index (χ2v) is 7.49. The standard InChI is InChI=1S/C18H32/c1-15(16-10-6-4-7-11-16)14-18(2,3)17-12-8-5-9-13-17/h16-17H,1,4-14H2,2-3H3. The molecule has 0 heteroatoms. The molecule has 0 N–H and O–H groups in total. The highest BCUT2D eigenvalue weighted by atomic mass is 14.4. The van der Waals surface area contributed by atoms with Crippen molar-refractivity contribution in [2.45, 2.75) is 84.5 Å². The Kier molecular flexibility index (Phi) is 4.92. The maximum Gasteiger partial charge on any atom is -0.0206 e. The molecule has 0 aromatic rings. The third-order valence-electron chi connectivity index (χ3n) is 5.58. The van der Waals surface area contributed by atoms with Crippen molar-refractivity contribution in [3.05, 3.63) is 12.2 Å². The largest absolute Gasteiger partial charge is 0.0996 e. The number of allylic oxidation sites excluding steroid dienone is 1. The lowest BCUT2D eigenvalue weighted by molar-refractivity contribution is 0.152. The first kappa shape index (κ1) is 14.2. The summed E-state index contributed by atoms with van der Waals surface area (Å²) in [5.41, 5.74) is 2.07. The lowest BCUT2D eigenvalue weighted by Crippen LogP contribution is -2.28. The van der Waals surface area contributed by atoms with Crippen molar-refractivity contribution in [1.29, 1.82) is 0 Å². The molecule has 18 heavy (non-hydrogen) atoms. The van der Waals surface area contributed by atoms with E-state index in [1.54, 1.807) is 5.57 Å². The Bertz CT molecular complexity index is 262. The number of rotatable bonds is 4. The van der Waals surface area contributed by atoms with E-state index in [-0.39, 0.29) is 0 Å². The average Bonchev–Trinajstić information content (AvgIpc) is 2.40. The maximum atomic E-state index is 4.46. The topological polar surface area (TPSA) is 0 Å². The molecule has 0 nitrogen and oxygen atoms in total. The van der Waals surface area contributed by atoms with Gasteiger partial charge in [-0.1, -0.05) is 64.5 Å². The van der Waals surface area contributed by atoms with Crippen LogP contribution in [-0.4, -0.2) is 0 Å². The first-order chi connectivity index (χ1) is 8.59. The second kappa shape index (κ2) is 6.26. The van der Waals surface area contributed by atoms with Crippen molar-refractivity contribution in [2.24, 2.45) is 17.3 Å². The van der Waals surface area contributed by atoms with Crippen LogP contribution >= 0.6 is 0 Å². The van der Waals surface area contributed by atoms with Crippen LogP contribution in [-0.2, 0) is 0 Å². The Morgan fingerprint density at radius 2 is 1.39 bits per heavy atom. The van der Waals surface area contributed by atoms with E-state index in [4.69, 9.17) is 0 Å². The third kappa shape index (κ3) is 3.62. The molecule has 2 fully saturated rings. The summed E-state index contributed by atoms with van der Waals surface area (Å²) in [4.78, 5) is 0. The third-order valence-corrected chi connectivity index (χ3v) is 5.58. The highest BCUT2D eigenvalue weighted by molar-refractivity contribution is 5.06.